The van der Waals surface area contributed by atoms with Gasteiger partial charge in [0.2, 0.25) is 5.72 Å². The highest BCUT2D eigenvalue weighted by atomic mass is 16.5. The first kappa shape index (κ1) is 13.4. The number of rotatable bonds is 6. The van der Waals surface area contributed by atoms with Gasteiger partial charge in [-0.15, -0.1) is 0 Å². The van der Waals surface area contributed by atoms with Crippen molar-refractivity contribution in [3.05, 3.63) is 53.6 Å². The molecule has 0 spiro atoms. The number of carbonyl (C=O) groups excluding carboxylic acids is 1. The van der Waals surface area contributed by atoms with Gasteiger partial charge >= 0.3 is 0 Å². The van der Waals surface area contributed by atoms with Crippen molar-refractivity contribution >= 4 is 6.29 Å². The molecule has 0 bridgehead atoms. The van der Waals surface area contributed by atoms with Gasteiger partial charge in [0.05, 0.1) is 25.1 Å². The van der Waals surface area contributed by atoms with Crippen molar-refractivity contribution in [2.45, 2.75) is 18.9 Å². The normalized spacial score (nSPS) is 14.0. The number of H-pyrrole nitrogens is 1. The number of aliphatic hydroxyl groups is 1. The number of aliphatic hydroxyl groups excluding tert-OH is 1. The molecule has 0 aliphatic rings. The Morgan fingerprint density at radius 1 is 1.42 bits per heavy atom. The summed E-state index contributed by atoms with van der Waals surface area (Å²) in [5.74, 6) is 0.169. The summed E-state index contributed by atoms with van der Waals surface area (Å²) in [6, 6.07) is 9.36. The molecule has 6 nitrogen and oxygen atoms in total. The van der Waals surface area contributed by atoms with E-state index in [4.69, 9.17) is 15.6 Å². The maximum Gasteiger partial charge on any atom is 0.232 e. The second kappa shape index (κ2) is 5.75. The second-order valence-electron chi connectivity index (χ2n) is 4.10. The van der Waals surface area contributed by atoms with Gasteiger partial charge in [0.25, 0.3) is 0 Å². The molecule has 4 N–H and O–H groups in total. The summed E-state index contributed by atoms with van der Waals surface area (Å²) < 4.78 is 5.44. The summed E-state index contributed by atoms with van der Waals surface area (Å²) in [4.78, 5) is 17.9. The van der Waals surface area contributed by atoms with Crippen LogP contribution in [-0.4, -0.2) is 21.4 Å². The molecule has 0 aliphatic carbocycles. The molecule has 1 heterocycles. The van der Waals surface area contributed by atoms with Crippen LogP contribution in [0.15, 0.2) is 36.5 Å². The summed E-state index contributed by atoms with van der Waals surface area (Å²) in [6.45, 7) is -0.0220. The van der Waals surface area contributed by atoms with Crippen LogP contribution < -0.4 is 5.73 Å². The maximum atomic E-state index is 11.2. The number of aromatic nitrogens is 2. The van der Waals surface area contributed by atoms with Gasteiger partial charge in [0.1, 0.15) is 0 Å². The molecule has 0 amide bonds. The minimum atomic E-state index is -1.65. The molecule has 0 fully saturated rings. The first-order valence-electron chi connectivity index (χ1n) is 5.76. The van der Waals surface area contributed by atoms with Crippen LogP contribution in [0.5, 0.6) is 0 Å². The van der Waals surface area contributed by atoms with E-state index in [9.17, 15) is 4.79 Å². The molecule has 19 heavy (non-hydrogen) atoms. The molecule has 1 aromatic carbocycles. The van der Waals surface area contributed by atoms with E-state index in [0.717, 1.165) is 5.56 Å². The van der Waals surface area contributed by atoms with Gasteiger partial charge in [-0.25, -0.2) is 4.98 Å². The lowest BCUT2D eigenvalue weighted by molar-refractivity contribution is -0.135. The zero-order valence-corrected chi connectivity index (χ0v) is 10.2. The lowest BCUT2D eigenvalue weighted by Crippen LogP contribution is -2.42. The fourth-order valence-corrected chi connectivity index (χ4v) is 1.57. The zero-order chi connectivity index (χ0) is 13.7. The molecular formula is C13H15N3O3. The van der Waals surface area contributed by atoms with Gasteiger partial charge in [0, 0.05) is 0 Å². The molecule has 100 valence electrons. The standard InChI is InChI=1S/C13H15N3O3/c14-13(9-18,12-15-6-11(7-17)16-12)19-8-10-4-2-1-3-5-10/h1-6,9,17H,7-8,14H2,(H,15,16). The highest BCUT2D eigenvalue weighted by Gasteiger charge is 2.31. The number of imidazole rings is 1. The molecule has 1 aromatic heterocycles. The molecule has 0 radical (unpaired) electrons. The number of hydrogen-bond acceptors (Lipinski definition) is 5. The summed E-state index contributed by atoms with van der Waals surface area (Å²) >= 11 is 0. The SMILES string of the molecule is NC(C=O)(OCc1ccccc1)c1ncc(CO)[nH]1. The van der Waals surface area contributed by atoms with E-state index in [1.807, 2.05) is 30.3 Å². The molecule has 2 aromatic rings. The van der Waals surface area contributed by atoms with Crippen molar-refractivity contribution < 1.29 is 14.6 Å². The van der Waals surface area contributed by atoms with E-state index >= 15 is 0 Å². The number of carbonyl (C=O) groups is 1. The van der Waals surface area contributed by atoms with Crippen molar-refractivity contribution in [1.82, 2.24) is 9.97 Å². The summed E-state index contributed by atoms with van der Waals surface area (Å²) in [5.41, 5.74) is 5.58. The topological polar surface area (TPSA) is 101 Å². The minimum absolute atomic E-state index is 0.169. The molecule has 1 atom stereocenters. The Balaban J connectivity index is 2.11. The lowest BCUT2D eigenvalue weighted by Gasteiger charge is -2.21. The van der Waals surface area contributed by atoms with Crippen molar-refractivity contribution in [3.63, 3.8) is 0 Å². The molecule has 0 saturated carbocycles. The number of nitrogens with two attached hydrogens (primary N) is 1. The van der Waals surface area contributed by atoms with E-state index < -0.39 is 5.72 Å². The third-order valence-electron chi connectivity index (χ3n) is 2.66. The smallest absolute Gasteiger partial charge is 0.232 e. The summed E-state index contributed by atoms with van der Waals surface area (Å²) in [6.07, 6.45) is 1.89. The lowest BCUT2D eigenvalue weighted by atomic mass is 10.2. The average molecular weight is 261 g/mol. The highest BCUT2D eigenvalue weighted by Crippen LogP contribution is 2.17. The van der Waals surface area contributed by atoms with Crippen LogP contribution in [0.4, 0.5) is 0 Å². The summed E-state index contributed by atoms with van der Waals surface area (Å²) in [7, 11) is 0. The number of nitrogens with zero attached hydrogens (tertiary/aromatic N) is 1. The van der Waals surface area contributed by atoms with E-state index in [1.54, 1.807) is 0 Å². The number of aldehydes is 1. The minimum Gasteiger partial charge on any atom is -0.390 e. The third-order valence-corrected chi connectivity index (χ3v) is 2.66. The number of aromatic amines is 1. The Morgan fingerprint density at radius 2 is 2.16 bits per heavy atom. The van der Waals surface area contributed by atoms with E-state index in [2.05, 4.69) is 9.97 Å². The second-order valence-corrected chi connectivity index (χ2v) is 4.10. The summed E-state index contributed by atoms with van der Waals surface area (Å²) in [5, 5.41) is 8.96. The van der Waals surface area contributed by atoms with Gasteiger partial charge in [-0.1, -0.05) is 30.3 Å². The number of benzene rings is 1. The Kier molecular flexibility index (Phi) is 4.06. The number of ether oxygens (including phenoxy) is 1. The van der Waals surface area contributed by atoms with Crippen LogP contribution in [-0.2, 0) is 28.5 Å². The van der Waals surface area contributed by atoms with Crippen molar-refractivity contribution in [1.29, 1.82) is 0 Å². The van der Waals surface area contributed by atoms with E-state index in [1.165, 1.54) is 6.20 Å². The van der Waals surface area contributed by atoms with Crippen molar-refractivity contribution in [2.75, 3.05) is 0 Å². The molecule has 6 heteroatoms. The van der Waals surface area contributed by atoms with Crippen LogP contribution in [0.3, 0.4) is 0 Å². The van der Waals surface area contributed by atoms with Gasteiger partial charge < -0.3 is 14.8 Å². The molecule has 2 rings (SSSR count). The fraction of sp³-hybridized carbons (Fsp3) is 0.231. The third kappa shape index (κ3) is 3.05. The monoisotopic (exact) mass is 261 g/mol. The molecule has 1 unspecified atom stereocenters. The largest absolute Gasteiger partial charge is 0.390 e. The van der Waals surface area contributed by atoms with E-state index in [0.29, 0.717) is 12.0 Å². The van der Waals surface area contributed by atoms with Crippen LogP contribution in [0.2, 0.25) is 0 Å². The fourth-order valence-electron chi connectivity index (χ4n) is 1.57. The van der Waals surface area contributed by atoms with Gasteiger partial charge in [-0.3, -0.25) is 10.5 Å². The van der Waals surface area contributed by atoms with Crippen LogP contribution in [0, 0.1) is 0 Å². The first-order valence-corrected chi connectivity index (χ1v) is 5.76. The van der Waals surface area contributed by atoms with Crippen LogP contribution >= 0.6 is 0 Å². The van der Waals surface area contributed by atoms with Crippen molar-refractivity contribution in [2.24, 2.45) is 5.73 Å². The number of hydrogen-bond donors (Lipinski definition) is 3. The Bertz CT molecular complexity index is 541. The van der Waals surface area contributed by atoms with Gasteiger partial charge in [0.15, 0.2) is 12.1 Å². The quantitative estimate of drug-likeness (QED) is 0.517. The zero-order valence-electron chi connectivity index (χ0n) is 10.2. The molecule has 0 aliphatic heterocycles. The average Bonchev–Trinajstić information content (AvgIpc) is 2.95. The Hall–Kier alpha value is -2.02. The van der Waals surface area contributed by atoms with Crippen LogP contribution in [0.25, 0.3) is 0 Å². The Morgan fingerprint density at radius 3 is 2.74 bits per heavy atom. The predicted molar refractivity (Wildman–Crippen MR) is 67.7 cm³/mol. The van der Waals surface area contributed by atoms with Crippen molar-refractivity contribution in [3.8, 4) is 0 Å². The van der Waals surface area contributed by atoms with E-state index in [-0.39, 0.29) is 19.0 Å². The maximum absolute atomic E-state index is 11.2. The van der Waals surface area contributed by atoms with Gasteiger partial charge in [-0.2, -0.15) is 0 Å². The Labute approximate surface area is 110 Å². The van der Waals surface area contributed by atoms with Gasteiger partial charge in [-0.05, 0) is 5.56 Å². The van der Waals surface area contributed by atoms with Crippen LogP contribution in [0.1, 0.15) is 17.1 Å². The molecular weight excluding hydrogens is 246 g/mol. The molecule has 0 saturated heterocycles. The predicted octanol–water partition coefficient (Wildman–Crippen LogP) is 0.429. The highest BCUT2D eigenvalue weighted by molar-refractivity contribution is 5.63. The first-order chi connectivity index (χ1) is 9.18. The number of nitrogens with one attached hydrogen (secondary N) is 1.